The summed E-state index contributed by atoms with van der Waals surface area (Å²) in [5.41, 5.74) is 0. The van der Waals surface area contributed by atoms with Gasteiger partial charge in [0.15, 0.2) is 0 Å². The Morgan fingerprint density at radius 3 is 2.67 bits per heavy atom. The van der Waals surface area contributed by atoms with Crippen LogP contribution in [0.3, 0.4) is 0 Å². The summed E-state index contributed by atoms with van der Waals surface area (Å²) < 4.78 is 5.12. The van der Waals surface area contributed by atoms with Crippen LogP contribution < -0.4 is 0 Å². The lowest BCUT2D eigenvalue weighted by Gasteiger charge is -2.37. The quantitative estimate of drug-likeness (QED) is 0.740. The minimum atomic E-state index is -0.367. The molecule has 1 amide bonds. The van der Waals surface area contributed by atoms with E-state index in [4.69, 9.17) is 4.74 Å². The summed E-state index contributed by atoms with van der Waals surface area (Å²) in [4.78, 5) is 28.6. The van der Waals surface area contributed by atoms with Gasteiger partial charge in [-0.3, -0.25) is 9.69 Å². The number of amides is 1. The van der Waals surface area contributed by atoms with Gasteiger partial charge in [-0.1, -0.05) is 6.92 Å². The van der Waals surface area contributed by atoms with E-state index >= 15 is 0 Å². The first kappa shape index (κ1) is 16.3. The minimum absolute atomic E-state index is 0.0850. The molecule has 2 heterocycles. The monoisotopic (exact) mass is 296 g/mol. The topological polar surface area (TPSA) is 49.9 Å². The molecule has 2 aliphatic heterocycles. The number of hydrogen-bond acceptors (Lipinski definition) is 4. The molecule has 2 unspecified atom stereocenters. The van der Waals surface area contributed by atoms with Crippen molar-refractivity contribution < 1.29 is 14.3 Å². The molecule has 120 valence electrons. The van der Waals surface area contributed by atoms with Gasteiger partial charge in [-0.05, 0) is 51.5 Å². The Morgan fingerprint density at radius 1 is 1.14 bits per heavy atom. The van der Waals surface area contributed by atoms with E-state index in [1.54, 1.807) is 4.90 Å². The van der Waals surface area contributed by atoms with Gasteiger partial charge >= 0.3 is 5.97 Å². The van der Waals surface area contributed by atoms with Crippen LogP contribution in [0.1, 0.15) is 46.0 Å². The zero-order valence-electron chi connectivity index (χ0n) is 13.3. The summed E-state index contributed by atoms with van der Waals surface area (Å²) >= 11 is 0. The number of esters is 1. The molecule has 0 saturated carbocycles. The van der Waals surface area contributed by atoms with Gasteiger partial charge in [0.2, 0.25) is 5.91 Å². The van der Waals surface area contributed by atoms with Crippen molar-refractivity contribution >= 4 is 11.9 Å². The van der Waals surface area contributed by atoms with Crippen molar-refractivity contribution in [1.82, 2.24) is 9.80 Å². The van der Waals surface area contributed by atoms with Crippen LogP contribution >= 0.6 is 0 Å². The van der Waals surface area contributed by atoms with Crippen LogP contribution in [-0.2, 0) is 14.3 Å². The van der Waals surface area contributed by atoms with Gasteiger partial charge in [0.25, 0.3) is 0 Å². The van der Waals surface area contributed by atoms with E-state index in [0.717, 1.165) is 38.8 Å². The van der Waals surface area contributed by atoms with Crippen molar-refractivity contribution in [3.8, 4) is 0 Å². The van der Waals surface area contributed by atoms with Crippen molar-refractivity contribution in [1.29, 1.82) is 0 Å². The first-order chi connectivity index (χ1) is 10.1. The molecule has 0 aliphatic carbocycles. The summed E-state index contributed by atoms with van der Waals surface area (Å²) in [5, 5.41) is 0. The molecule has 5 heteroatoms. The molecule has 0 N–H and O–H groups in total. The molecular formula is C16H28N2O3. The molecular weight excluding hydrogens is 268 g/mol. The molecule has 0 bridgehead atoms. The molecule has 5 nitrogen and oxygen atoms in total. The predicted molar refractivity (Wildman–Crippen MR) is 80.8 cm³/mol. The highest BCUT2D eigenvalue weighted by Gasteiger charge is 2.33. The van der Waals surface area contributed by atoms with Crippen molar-refractivity contribution in [2.45, 2.75) is 52.0 Å². The molecule has 2 aliphatic rings. The number of piperidine rings is 2. The normalized spacial score (nSPS) is 27.4. The molecule has 2 fully saturated rings. The van der Waals surface area contributed by atoms with Crippen molar-refractivity contribution in [2.75, 3.05) is 32.8 Å². The summed E-state index contributed by atoms with van der Waals surface area (Å²) in [6, 6.07) is -0.367. The number of ether oxygens (including phenoxy) is 1. The first-order valence-corrected chi connectivity index (χ1v) is 8.30. The van der Waals surface area contributed by atoms with Gasteiger partial charge in [0, 0.05) is 13.1 Å². The fourth-order valence-electron chi connectivity index (χ4n) is 3.43. The van der Waals surface area contributed by atoms with Gasteiger partial charge < -0.3 is 9.64 Å². The van der Waals surface area contributed by atoms with Crippen LogP contribution in [0.2, 0.25) is 0 Å². The largest absolute Gasteiger partial charge is 0.464 e. The zero-order valence-corrected chi connectivity index (χ0v) is 13.3. The van der Waals surface area contributed by atoms with E-state index in [-0.39, 0.29) is 17.9 Å². The lowest BCUT2D eigenvalue weighted by molar-refractivity contribution is -0.157. The average molecular weight is 296 g/mol. The maximum atomic E-state index is 12.6. The van der Waals surface area contributed by atoms with E-state index in [0.29, 0.717) is 25.6 Å². The maximum absolute atomic E-state index is 12.6. The molecule has 2 saturated heterocycles. The molecule has 0 aromatic heterocycles. The van der Waals surface area contributed by atoms with Crippen LogP contribution in [0.15, 0.2) is 0 Å². The second-order valence-electron chi connectivity index (χ2n) is 6.33. The Balaban J connectivity index is 1.93. The lowest BCUT2D eigenvalue weighted by atomic mass is 9.99. The van der Waals surface area contributed by atoms with E-state index in [1.807, 2.05) is 6.92 Å². The molecule has 21 heavy (non-hydrogen) atoms. The summed E-state index contributed by atoms with van der Waals surface area (Å²) in [6.07, 6.45) is 5.13. The van der Waals surface area contributed by atoms with Crippen LogP contribution in [0.25, 0.3) is 0 Å². The Morgan fingerprint density at radius 2 is 1.95 bits per heavy atom. The Bertz CT molecular complexity index is 373. The smallest absolute Gasteiger partial charge is 0.328 e. The highest BCUT2D eigenvalue weighted by atomic mass is 16.5. The van der Waals surface area contributed by atoms with E-state index < -0.39 is 0 Å². The molecule has 0 spiro atoms. The first-order valence-electron chi connectivity index (χ1n) is 8.30. The second kappa shape index (κ2) is 7.78. The molecule has 0 aromatic carbocycles. The Kier molecular flexibility index (Phi) is 6.03. The maximum Gasteiger partial charge on any atom is 0.328 e. The summed E-state index contributed by atoms with van der Waals surface area (Å²) in [5.74, 6) is 0.508. The molecule has 0 aromatic rings. The van der Waals surface area contributed by atoms with Gasteiger partial charge in [-0.2, -0.15) is 0 Å². The lowest BCUT2D eigenvalue weighted by Crippen LogP contribution is -2.52. The third-order valence-corrected chi connectivity index (χ3v) is 4.48. The van der Waals surface area contributed by atoms with Crippen molar-refractivity contribution in [3.05, 3.63) is 0 Å². The van der Waals surface area contributed by atoms with E-state index in [1.165, 1.54) is 6.42 Å². The van der Waals surface area contributed by atoms with E-state index in [2.05, 4.69) is 11.8 Å². The number of hydrogen-bond donors (Lipinski definition) is 0. The molecule has 2 atom stereocenters. The van der Waals surface area contributed by atoms with Gasteiger partial charge in [0.1, 0.15) is 6.04 Å². The fourth-order valence-corrected chi connectivity index (χ4v) is 3.43. The molecule has 2 rings (SSSR count). The summed E-state index contributed by atoms with van der Waals surface area (Å²) in [7, 11) is 0. The number of carbonyl (C=O) groups is 2. The number of likely N-dealkylation sites (tertiary alicyclic amines) is 2. The number of rotatable bonds is 4. The Hall–Kier alpha value is -1.10. The molecule has 0 radical (unpaired) electrons. The van der Waals surface area contributed by atoms with Gasteiger partial charge in [0.05, 0.1) is 13.2 Å². The average Bonchev–Trinajstić information content (AvgIpc) is 2.47. The third kappa shape index (κ3) is 4.43. The standard InChI is InChI=1S/C16H28N2O3/c1-3-21-16(20)14-8-4-5-10-18(14)15(19)12-17-9-6-7-13(2)11-17/h13-14H,3-12H2,1-2H3. The van der Waals surface area contributed by atoms with Crippen LogP contribution in [-0.4, -0.2) is 60.5 Å². The Labute approximate surface area is 127 Å². The number of carbonyl (C=O) groups excluding carboxylic acids is 2. The van der Waals surface area contributed by atoms with Crippen LogP contribution in [0.4, 0.5) is 0 Å². The van der Waals surface area contributed by atoms with Crippen LogP contribution in [0.5, 0.6) is 0 Å². The minimum Gasteiger partial charge on any atom is -0.464 e. The van der Waals surface area contributed by atoms with Crippen molar-refractivity contribution in [3.63, 3.8) is 0 Å². The van der Waals surface area contributed by atoms with Gasteiger partial charge in [-0.15, -0.1) is 0 Å². The SMILES string of the molecule is CCOC(=O)C1CCCCN1C(=O)CN1CCCC(C)C1. The fraction of sp³-hybridized carbons (Fsp3) is 0.875. The highest BCUT2D eigenvalue weighted by molar-refractivity contribution is 5.85. The predicted octanol–water partition coefficient (Wildman–Crippen LogP) is 1.66. The second-order valence-corrected chi connectivity index (χ2v) is 6.33. The third-order valence-electron chi connectivity index (χ3n) is 4.48. The van der Waals surface area contributed by atoms with E-state index in [9.17, 15) is 9.59 Å². The zero-order chi connectivity index (χ0) is 15.2. The van der Waals surface area contributed by atoms with Crippen LogP contribution in [0, 0.1) is 5.92 Å². The van der Waals surface area contributed by atoms with Gasteiger partial charge in [-0.25, -0.2) is 4.79 Å². The summed E-state index contributed by atoms with van der Waals surface area (Å²) in [6.45, 7) is 7.53. The van der Waals surface area contributed by atoms with Crippen molar-refractivity contribution in [2.24, 2.45) is 5.92 Å². The highest BCUT2D eigenvalue weighted by Crippen LogP contribution is 2.20. The number of nitrogens with zero attached hydrogens (tertiary/aromatic N) is 2.